The van der Waals surface area contributed by atoms with E-state index in [0.717, 1.165) is 34.4 Å². The number of nitrogens with two attached hydrogens (primary N) is 1. The number of non-ortho nitro benzene ring substituents is 1. The zero-order valence-electron chi connectivity index (χ0n) is 21.8. The predicted molar refractivity (Wildman–Crippen MR) is 141 cm³/mol. The van der Waals surface area contributed by atoms with Crippen molar-refractivity contribution in [2.45, 2.75) is 18.4 Å². The Balaban J connectivity index is 1.33. The van der Waals surface area contributed by atoms with Gasteiger partial charge in [-0.15, -0.1) is 0 Å². The first-order valence-corrected chi connectivity index (χ1v) is 12.6. The van der Waals surface area contributed by atoms with E-state index >= 15 is 0 Å². The van der Waals surface area contributed by atoms with E-state index in [-0.39, 0.29) is 18.1 Å². The van der Waals surface area contributed by atoms with Gasteiger partial charge < -0.3 is 15.2 Å². The highest BCUT2D eigenvalue weighted by atomic mass is 19.2. The van der Waals surface area contributed by atoms with E-state index in [1.807, 2.05) is 48.5 Å². The molecule has 4 aromatic rings. The van der Waals surface area contributed by atoms with Gasteiger partial charge in [-0.05, 0) is 39.8 Å². The molecule has 13 heteroatoms. The molecule has 1 aliphatic carbocycles. The van der Waals surface area contributed by atoms with Crippen LogP contribution in [-0.4, -0.2) is 29.7 Å². The molecule has 43 heavy (non-hydrogen) atoms. The minimum atomic E-state index is -2.42. The van der Waals surface area contributed by atoms with E-state index in [2.05, 4.69) is 4.74 Å². The van der Waals surface area contributed by atoms with Crippen molar-refractivity contribution in [1.82, 2.24) is 0 Å². The largest absolute Gasteiger partial charge is 0.516 e. The van der Waals surface area contributed by atoms with Gasteiger partial charge >= 0.3 is 12.1 Å². The molecule has 0 bridgehead atoms. The van der Waals surface area contributed by atoms with Crippen molar-refractivity contribution in [3.05, 3.63) is 123 Å². The van der Waals surface area contributed by atoms with Crippen molar-refractivity contribution in [2.75, 3.05) is 6.61 Å². The number of carbonyl (C=O) groups is 2. The summed E-state index contributed by atoms with van der Waals surface area (Å²) in [5, 5.41) is 11.3. The summed E-state index contributed by atoms with van der Waals surface area (Å²) >= 11 is 0. The molecule has 0 spiro atoms. The van der Waals surface area contributed by atoms with Gasteiger partial charge in [-0.25, -0.2) is 31.5 Å². The van der Waals surface area contributed by atoms with Gasteiger partial charge in [0, 0.05) is 18.1 Å². The summed E-state index contributed by atoms with van der Waals surface area (Å²) in [6, 6.07) is 15.7. The second-order valence-corrected chi connectivity index (χ2v) is 9.56. The lowest BCUT2D eigenvalue weighted by atomic mass is 9.93. The summed E-state index contributed by atoms with van der Waals surface area (Å²) in [7, 11) is 0. The zero-order valence-corrected chi connectivity index (χ0v) is 21.8. The summed E-state index contributed by atoms with van der Waals surface area (Å²) in [4.78, 5) is 35.3. The molecule has 4 aromatic carbocycles. The van der Waals surface area contributed by atoms with Crippen LogP contribution in [0.15, 0.2) is 66.7 Å². The van der Waals surface area contributed by atoms with Crippen LogP contribution >= 0.6 is 0 Å². The highest BCUT2D eigenvalue weighted by Gasteiger charge is 2.32. The van der Waals surface area contributed by atoms with Gasteiger partial charge in [-0.1, -0.05) is 54.6 Å². The summed E-state index contributed by atoms with van der Waals surface area (Å²) < 4.78 is 80.5. The van der Waals surface area contributed by atoms with E-state index in [0.29, 0.717) is 6.07 Å². The van der Waals surface area contributed by atoms with Crippen LogP contribution in [0.5, 0.6) is 0 Å². The van der Waals surface area contributed by atoms with E-state index in [1.165, 1.54) is 0 Å². The van der Waals surface area contributed by atoms with E-state index < -0.39 is 75.4 Å². The van der Waals surface area contributed by atoms with Crippen LogP contribution in [0.4, 0.5) is 32.4 Å². The molecular formula is C30H19F5N2O6. The second kappa shape index (κ2) is 11.6. The van der Waals surface area contributed by atoms with Crippen LogP contribution in [0.1, 0.15) is 22.6 Å². The number of carbonyl (C=O) groups excluding carboxylic acids is 2. The van der Waals surface area contributed by atoms with Crippen molar-refractivity contribution in [3.63, 3.8) is 0 Å². The number of hydrogen-bond acceptors (Lipinski definition) is 7. The second-order valence-electron chi connectivity index (χ2n) is 9.56. The molecule has 2 N–H and O–H groups in total. The lowest BCUT2D eigenvalue weighted by Crippen LogP contribution is -2.36. The number of halogens is 5. The predicted octanol–water partition coefficient (Wildman–Crippen LogP) is 6.32. The molecule has 220 valence electrons. The Kier molecular flexibility index (Phi) is 7.91. The molecule has 8 nitrogen and oxygen atoms in total. The monoisotopic (exact) mass is 598 g/mol. The van der Waals surface area contributed by atoms with Gasteiger partial charge in [0.25, 0.3) is 5.69 Å². The molecule has 0 amide bonds. The molecule has 0 heterocycles. The maximum Gasteiger partial charge on any atom is 0.516 e. The third-order valence-corrected chi connectivity index (χ3v) is 7.04. The highest BCUT2D eigenvalue weighted by molar-refractivity contribution is 5.86. The number of nitro groups is 1. The third kappa shape index (κ3) is 5.42. The molecule has 0 saturated heterocycles. The normalized spacial score (nSPS) is 12.8. The summed E-state index contributed by atoms with van der Waals surface area (Å²) in [5.41, 5.74) is 6.30. The van der Waals surface area contributed by atoms with Gasteiger partial charge in [0.15, 0.2) is 23.3 Å². The number of benzene rings is 4. The highest BCUT2D eigenvalue weighted by Crippen LogP contribution is 2.44. The lowest BCUT2D eigenvalue weighted by Gasteiger charge is -2.16. The first-order chi connectivity index (χ1) is 20.5. The Bertz CT molecular complexity index is 1720. The number of nitrogens with zero attached hydrogens (tertiary/aromatic N) is 1. The topological polar surface area (TPSA) is 122 Å². The van der Waals surface area contributed by atoms with Crippen molar-refractivity contribution in [2.24, 2.45) is 5.73 Å². The van der Waals surface area contributed by atoms with E-state index in [4.69, 9.17) is 10.5 Å². The van der Waals surface area contributed by atoms with Gasteiger partial charge in [0.2, 0.25) is 5.82 Å². The molecule has 5 rings (SSSR count). The van der Waals surface area contributed by atoms with Crippen molar-refractivity contribution >= 4 is 17.8 Å². The molecule has 0 unspecified atom stereocenters. The number of ether oxygens (including phenoxy) is 2. The number of rotatable bonds is 7. The fourth-order valence-electron chi connectivity index (χ4n) is 5.03. The first kappa shape index (κ1) is 29.3. The average Bonchev–Trinajstić information content (AvgIpc) is 3.32. The van der Waals surface area contributed by atoms with Crippen LogP contribution in [0.2, 0.25) is 0 Å². The van der Waals surface area contributed by atoms with Gasteiger partial charge in [-0.3, -0.25) is 10.1 Å². The summed E-state index contributed by atoms with van der Waals surface area (Å²) in [6.07, 6.45) is -2.05. The average molecular weight is 598 g/mol. The fourth-order valence-corrected chi connectivity index (χ4v) is 5.03. The Morgan fingerprint density at radius 2 is 1.35 bits per heavy atom. The quantitative estimate of drug-likeness (QED) is 0.0503. The van der Waals surface area contributed by atoms with E-state index in [1.54, 1.807) is 0 Å². The SMILES string of the molecule is N[C@@H](Cc1ccc([N+](=O)[O-])cc1-c1c(F)c(F)c(F)c(F)c1F)C(=O)OC(=O)OCC1c2ccccc2-c2ccccc21. The van der Waals surface area contributed by atoms with Crippen LogP contribution in [0, 0.1) is 39.2 Å². The summed E-state index contributed by atoms with van der Waals surface area (Å²) in [5.74, 6) is -13.1. The van der Waals surface area contributed by atoms with E-state index in [9.17, 15) is 41.7 Å². The Labute approximate surface area is 239 Å². The molecule has 0 aliphatic heterocycles. The summed E-state index contributed by atoms with van der Waals surface area (Å²) in [6.45, 7) is -0.178. The van der Waals surface area contributed by atoms with Crippen LogP contribution in [0.3, 0.4) is 0 Å². The molecule has 0 aromatic heterocycles. The third-order valence-electron chi connectivity index (χ3n) is 7.04. The Morgan fingerprint density at radius 1 is 0.814 bits per heavy atom. The van der Waals surface area contributed by atoms with Crippen molar-refractivity contribution in [3.8, 4) is 22.3 Å². The minimum absolute atomic E-state index is 0.178. The minimum Gasteiger partial charge on any atom is -0.433 e. The number of hydrogen-bond donors (Lipinski definition) is 1. The zero-order chi connectivity index (χ0) is 31.0. The Hall–Kier alpha value is -5.17. The van der Waals surface area contributed by atoms with Crippen LogP contribution in [-0.2, 0) is 20.7 Å². The number of nitro benzene ring substituents is 1. The van der Waals surface area contributed by atoms with Crippen molar-refractivity contribution in [1.29, 1.82) is 0 Å². The maximum absolute atomic E-state index is 14.6. The smallest absolute Gasteiger partial charge is 0.433 e. The Morgan fingerprint density at radius 3 is 1.91 bits per heavy atom. The lowest BCUT2D eigenvalue weighted by molar-refractivity contribution is -0.384. The molecule has 0 saturated carbocycles. The van der Waals surface area contributed by atoms with Gasteiger partial charge in [0.05, 0.1) is 10.5 Å². The van der Waals surface area contributed by atoms with Gasteiger partial charge in [-0.2, -0.15) is 0 Å². The molecular weight excluding hydrogens is 579 g/mol. The fraction of sp³-hybridized carbons (Fsp3) is 0.133. The van der Waals surface area contributed by atoms with Crippen LogP contribution in [0.25, 0.3) is 22.3 Å². The molecule has 0 fully saturated rings. The standard InChI is InChI=1S/C30H19F5N2O6/c31-24-23(25(32)27(34)28(35)26(24)33)20-12-15(37(40)41)10-9-14(20)11-22(36)29(38)43-30(39)42-13-21-18-7-3-1-5-16(18)17-6-2-4-8-19(17)21/h1-10,12,21-22H,11,13,36H2/t22-/m0/s1. The number of esters is 1. The van der Waals surface area contributed by atoms with Gasteiger partial charge in [0.1, 0.15) is 12.6 Å². The van der Waals surface area contributed by atoms with Crippen molar-refractivity contribution < 1.29 is 45.9 Å². The maximum atomic E-state index is 14.6. The molecule has 1 atom stereocenters. The number of fused-ring (bicyclic) bond motifs is 3. The molecule has 1 aliphatic rings. The molecule has 0 radical (unpaired) electrons. The first-order valence-electron chi connectivity index (χ1n) is 12.6. The van der Waals surface area contributed by atoms with Crippen LogP contribution < -0.4 is 5.73 Å².